The molecule has 63 heavy (non-hydrogen) atoms. The first-order chi connectivity index (χ1) is 28.5. The van der Waals surface area contributed by atoms with Crippen LogP contribution in [0.1, 0.15) is 79.2 Å². The summed E-state index contributed by atoms with van der Waals surface area (Å²) in [6.45, 7) is 9.92. The molecule has 0 aliphatic rings. The summed E-state index contributed by atoms with van der Waals surface area (Å²) in [6.07, 6.45) is 1.35. The van der Waals surface area contributed by atoms with E-state index in [1.807, 2.05) is 0 Å². The Morgan fingerprint density at radius 1 is 0.444 bits per heavy atom. The van der Waals surface area contributed by atoms with Crippen molar-refractivity contribution in [1.82, 2.24) is 0 Å². The Morgan fingerprint density at radius 2 is 0.778 bits per heavy atom. The van der Waals surface area contributed by atoms with Crippen LogP contribution in [0.2, 0.25) is 0 Å². The Kier molecular flexibility index (Phi) is 14.5. The summed E-state index contributed by atoms with van der Waals surface area (Å²) in [4.78, 5) is -7.32. The van der Waals surface area contributed by atoms with Gasteiger partial charge in [0.1, 0.15) is 36.7 Å². The maximum atomic E-state index is 12.9. The maximum Gasteiger partial charge on any atom is 0.298 e. The summed E-state index contributed by atoms with van der Waals surface area (Å²) >= 11 is 0. The van der Waals surface area contributed by atoms with E-state index in [2.05, 4.69) is 0 Å². The highest BCUT2D eigenvalue weighted by Crippen LogP contribution is 2.46. The molecule has 0 aliphatic heterocycles. The second-order valence-electron chi connectivity index (χ2n) is 14.8. The molecule has 26 heteroatoms. The molecule has 0 saturated heterocycles. The fourth-order valence-corrected chi connectivity index (χ4v) is 11.2. The highest BCUT2D eigenvalue weighted by Gasteiger charge is 2.38. The van der Waals surface area contributed by atoms with Gasteiger partial charge in [0.05, 0.1) is 9.79 Å². The number of hydrogen-bond acceptors (Lipinski definition) is 14. The molecule has 1 unspecified atom stereocenters. The third-order valence-electron chi connectivity index (χ3n) is 10.6. The highest BCUT2D eigenvalue weighted by molar-refractivity contribution is 7.87. The predicted molar refractivity (Wildman–Crippen MR) is 225 cm³/mol. The zero-order valence-electron chi connectivity index (χ0n) is 34.2. The normalized spacial score (nSPS) is 14.3. The molecule has 4 rings (SSSR count). The van der Waals surface area contributed by atoms with Crippen LogP contribution in [0.15, 0.2) is 90.0 Å². The third-order valence-corrected chi connectivity index (χ3v) is 15.8. The molecule has 6 N–H and O–H groups in total. The van der Waals surface area contributed by atoms with Crippen molar-refractivity contribution in [3.8, 4) is 39.5 Å². The SMILES string of the molecule is CCCC(C)(CC)c1c(S(=O)(=O)O)cc(-c2cc(S(=O)(=O)O)c(Oc3ccc(-c4ccc(OC(C)(CC)CC)c(S(=O)(=O)O)c4)cc3S(=O)(=O)O)c(S(=O)(=O)O)c2)cc1S(=O)(=O)O. The van der Waals surface area contributed by atoms with E-state index in [4.69, 9.17) is 9.47 Å². The molecule has 0 amide bonds. The van der Waals surface area contributed by atoms with E-state index in [1.165, 1.54) is 13.0 Å². The van der Waals surface area contributed by atoms with E-state index >= 15 is 0 Å². The maximum absolute atomic E-state index is 12.9. The second-order valence-corrected chi connectivity index (χ2v) is 23.2. The summed E-state index contributed by atoms with van der Waals surface area (Å²) in [6, 6.07) is 7.77. The zero-order chi connectivity index (χ0) is 48.1. The topological polar surface area (TPSA) is 345 Å². The Bertz CT molecular complexity index is 3050. The lowest BCUT2D eigenvalue weighted by molar-refractivity contribution is 0.0766. The van der Waals surface area contributed by atoms with Gasteiger partial charge in [-0.15, -0.1) is 0 Å². The van der Waals surface area contributed by atoms with Gasteiger partial charge in [-0.05, 0) is 109 Å². The highest BCUT2D eigenvalue weighted by atomic mass is 32.2. The Balaban J connectivity index is 2.07. The Morgan fingerprint density at radius 3 is 1.11 bits per heavy atom. The van der Waals surface area contributed by atoms with Crippen LogP contribution in [-0.2, 0) is 66.1 Å². The average Bonchev–Trinajstić information content (AvgIpc) is 3.15. The lowest BCUT2D eigenvalue weighted by atomic mass is 9.76. The Hall–Kier alpha value is -4.06. The molecule has 0 fully saturated rings. The van der Waals surface area contributed by atoms with E-state index in [0.29, 0.717) is 49.6 Å². The van der Waals surface area contributed by atoms with E-state index in [1.54, 1.807) is 34.6 Å². The fraction of sp³-hybridized carbons (Fsp3) is 0.351. The van der Waals surface area contributed by atoms with E-state index < -0.39 is 129 Å². The van der Waals surface area contributed by atoms with Crippen LogP contribution in [0.5, 0.6) is 17.2 Å². The van der Waals surface area contributed by atoms with Crippen LogP contribution in [0.3, 0.4) is 0 Å². The van der Waals surface area contributed by atoms with Crippen molar-refractivity contribution in [3.63, 3.8) is 0 Å². The Labute approximate surface area is 365 Å². The van der Waals surface area contributed by atoms with Gasteiger partial charge in [0.2, 0.25) is 0 Å². The van der Waals surface area contributed by atoms with Crippen LogP contribution in [0, 0.1) is 0 Å². The molecule has 1 atom stereocenters. The van der Waals surface area contributed by atoms with E-state index in [-0.39, 0.29) is 29.7 Å². The molecular formula is C37H44O20S6. The second kappa shape index (κ2) is 17.7. The third kappa shape index (κ3) is 11.4. The van der Waals surface area contributed by atoms with E-state index in [9.17, 15) is 77.8 Å². The van der Waals surface area contributed by atoms with Crippen molar-refractivity contribution in [1.29, 1.82) is 0 Å². The lowest BCUT2D eigenvalue weighted by Crippen LogP contribution is -2.31. The zero-order valence-corrected chi connectivity index (χ0v) is 39.1. The van der Waals surface area contributed by atoms with Crippen LogP contribution < -0.4 is 9.47 Å². The van der Waals surface area contributed by atoms with Gasteiger partial charge in [0.15, 0.2) is 5.75 Å². The minimum absolute atomic E-state index is 0.0497. The van der Waals surface area contributed by atoms with Crippen LogP contribution >= 0.6 is 0 Å². The minimum Gasteiger partial charge on any atom is -0.486 e. The standard InChI is InChI=1S/C37H44O20S6/c1-7-15-36(5,8-2)34-30(60(44,45)46)18-24(19-31(34)61(47,48)49)25-20-32(62(50,51)52)35(33(21-25)63(53,54)55)56-26-13-11-22(16-28(26)58(38,39)40)23-12-14-27(29(17-23)59(41,42)43)57-37(6,9-3)10-4/h11-14,16-21H,7-10,15H2,1-6H3,(H,38,39,40)(H,41,42,43)(H,44,45,46)(H,47,48,49)(H,50,51,52)(H,53,54,55). The minimum atomic E-state index is -5.77. The van der Waals surface area contributed by atoms with Crippen molar-refractivity contribution in [2.45, 2.75) is 114 Å². The molecule has 0 saturated carbocycles. The summed E-state index contributed by atoms with van der Waals surface area (Å²) in [5.41, 5.74) is -4.65. The van der Waals surface area contributed by atoms with Gasteiger partial charge in [0, 0.05) is 5.56 Å². The fourth-order valence-electron chi connectivity index (χ4n) is 6.73. The van der Waals surface area contributed by atoms with E-state index in [0.717, 1.165) is 24.3 Å². The van der Waals surface area contributed by atoms with Crippen molar-refractivity contribution < 1.29 is 87.3 Å². The first-order valence-electron chi connectivity index (χ1n) is 18.4. The number of ether oxygens (including phenoxy) is 2. The van der Waals surface area contributed by atoms with Crippen molar-refractivity contribution in [2.24, 2.45) is 0 Å². The van der Waals surface area contributed by atoms with Gasteiger partial charge in [-0.3, -0.25) is 27.3 Å². The van der Waals surface area contributed by atoms with Gasteiger partial charge < -0.3 is 9.47 Å². The largest absolute Gasteiger partial charge is 0.486 e. The molecule has 0 bridgehead atoms. The van der Waals surface area contributed by atoms with Crippen LogP contribution in [0.25, 0.3) is 22.3 Å². The van der Waals surface area contributed by atoms with Crippen LogP contribution in [0.4, 0.5) is 0 Å². The summed E-state index contributed by atoms with van der Waals surface area (Å²) in [5, 5.41) is 0. The van der Waals surface area contributed by atoms with Crippen molar-refractivity contribution in [2.75, 3.05) is 0 Å². The quantitative estimate of drug-likeness (QED) is 0.0563. The summed E-state index contributed by atoms with van der Waals surface area (Å²) in [5.74, 6) is -2.85. The molecule has 0 heterocycles. The molecule has 4 aromatic carbocycles. The molecular weight excluding hydrogens is 957 g/mol. The van der Waals surface area contributed by atoms with Gasteiger partial charge in [-0.1, -0.05) is 53.2 Å². The van der Waals surface area contributed by atoms with Crippen LogP contribution in [-0.4, -0.2) is 83.4 Å². The molecule has 0 spiro atoms. The van der Waals surface area contributed by atoms with Gasteiger partial charge in [0.25, 0.3) is 60.7 Å². The molecule has 0 radical (unpaired) electrons. The molecule has 0 aliphatic carbocycles. The number of hydrogen-bond donors (Lipinski definition) is 6. The summed E-state index contributed by atoms with van der Waals surface area (Å²) < 4.78 is 226. The summed E-state index contributed by atoms with van der Waals surface area (Å²) in [7, 11) is -32.8. The van der Waals surface area contributed by atoms with Gasteiger partial charge in [-0.25, -0.2) is 0 Å². The first kappa shape index (κ1) is 51.6. The monoisotopic (exact) mass is 1000 g/mol. The average molecular weight is 1000 g/mol. The predicted octanol–water partition coefficient (Wildman–Crippen LogP) is 6.72. The molecule has 4 aromatic rings. The molecule has 20 nitrogen and oxygen atoms in total. The lowest BCUT2D eigenvalue weighted by Gasteiger charge is -2.32. The number of rotatable bonds is 18. The number of benzene rings is 4. The smallest absolute Gasteiger partial charge is 0.298 e. The molecule has 348 valence electrons. The van der Waals surface area contributed by atoms with Gasteiger partial charge >= 0.3 is 0 Å². The molecule has 0 aromatic heterocycles. The van der Waals surface area contributed by atoms with Crippen molar-refractivity contribution in [3.05, 3.63) is 66.2 Å². The van der Waals surface area contributed by atoms with Gasteiger partial charge in [-0.2, -0.15) is 50.5 Å². The first-order valence-corrected chi connectivity index (χ1v) is 27.1. The van der Waals surface area contributed by atoms with Crippen molar-refractivity contribution >= 4 is 60.7 Å².